The number of benzene rings is 1. The molecule has 0 aliphatic rings. The van der Waals surface area contributed by atoms with Crippen LogP contribution in [0.1, 0.15) is 10.8 Å². The van der Waals surface area contributed by atoms with Gasteiger partial charge in [-0.25, -0.2) is 15.0 Å². The van der Waals surface area contributed by atoms with E-state index < -0.39 is 0 Å². The lowest BCUT2D eigenvalue weighted by Crippen LogP contribution is -2.10. The molecule has 20 heavy (non-hydrogen) atoms. The van der Waals surface area contributed by atoms with Crippen LogP contribution in [0.5, 0.6) is 0 Å². The van der Waals surface area contributed by atoms with E-state index in [1.54, 1.807) is 18.1 Å². The number of hydrogen-bond donors (Lipinski definition) is 2. The van der Waals surface area contributed by atoms with Crippen molar-refractivity contribution in [3.05, 3.63) is 47.5 Å². The van der Waals surface area contributed by atoms with E-state index in [1.807, 2.05) is 24.3 Å². The van der Waals surface area contributed by atoms with Crippen molar-refractivity contribution in [2.24, 2.45) is 5.73 Å². The van der Waals surface area contributed by atoms with E-state index in [1.165, 1.54) is 6.33 Å². The molecule has 0 saturated heterocycles. The summed E-state index contributed by atoms with van der Waals surface area (Å²) in [5.74, 6) is 0. The van der Waals surface area contributed by atoms with Crippen LogP contribution < -0.4 is 5.73 Å². The zero-order valence-corrected chi connectivity index (χ0v) is 12.0. The van der Waals surface area contributed by atoms with E-state index in [4.69, 9.17) is 17.3 Å². The van der Waals surface area contributed by atoms with Gasteiger partial charge in [-0.1, -0.05) is 41.6 Å². The molecule has 0 radical (unpaired) electrons. The molecule has 0 fully saturated rings. The summed E-state index contributed by atoms with van der Waals surface area (Å²) in [6, 6.07) is 7.71. The fraction of sp³-hybridized carbons (Fsp3) is 0.154. The third kappa shape index (κ3) is 2.49. The standard InChI is InChI=1S/C13H12ClN5S/c14-9-4-2-1-3-8(9)10(5-15)20-13-11-12(17-6-16-11)18-7-19-13/h1-4,6-7,10H,5,15H2,(H,16,17,18,19). The van der Waals surface area contributed by atoms with Crippen molar-refractivity contribution in [3.63, 3.8) is 0 Å². The molecule has 0 amide bonds. The van der Waals surface area contributed by atoms with Crippen LogP contribution in [0.25, 0.3) is 11.2 Å². The highest BCUT2D eigenvalue weighted by molar-refractivity contribution is 7.99. The van der Waals surface area contributed by atoms with Crippen LogP contribution >= 0.6 is 23.4 Å². The molecule has 2 heterocycles. The van der Waals surface area contributed by atoms with Crippen LogP contribution in [0, 0.1) is 0 Å². The van der Waals surface area contributed by atoms with Crippen molar-refractivity contribution >= 4 is 34.5 Å². The summed E-state index contributed by atoms with van der Waals surface area (Å²) in [6.07, 6.45) is 3.11. The molecule has 0 saturated carbocycles. The first-order valence-electron chi connectivity index (χ1n) is 6.05. The molecule has 3 N–H and O–H groups in total. The third-order valence-electron chi connectivity index (χ3n) is 2.91. The first-order chi connectivity index (χ1) is 9.79. The maximum absolute atomic E-state index is 6.24. The smallest absolute Gasteiger partial charge is 0.181 e. The molecule has 0 aliphatic carbocycles. The number of H-pyrrole nitrogens is 1. The number of imidazole rings is 1. The van der Waals surface area contributed by atoms with E-state index in [0.717, 1.165) is 16.1 Å². The lowest BCUT2D eigenvalue weighted by molar-refractivity contribution is 0.934. The SMILES string of the molecule is NCC(Sc1ncnc2nc[nH]c12)c1ccccc1Cl. The average molecular weight is 306 g/mol. The number of aromatic amines is 1. The van der Waals surface area contributed by atoms with Crippen LogP contribution in [0.15, 0.2) is 41.9 Å². The Bertz CT molecular complexity index is 729. The molecular formula is C13H12ClN5S. The highest BCUT2D eigenvalue weighted by Crippen LogP contribution is 2.38. The predicted molar refractivity (Wildman–Crippen MR) is 80.8 cm³/mol. The average Bonchev–Trinajstić information content (AvgIpc) is 2.95. The van der Waals surface area contributed by atoms with Crippen LogP contribution in [-0.4, -0.2) is 26.5 Å². The maximum atomic E-state index is 6.24. The summed E-state index contributed by atoms with van der Waals surface area (Å²) in [7, 11) is 0. The molecule has 2 aromatic heterocycles. The Balaban J connectivity index is 1.96. The van der Waals surface area contributed by atoms with E-state index in [2.05, 4.69) is 19.9 Å². The van der Waals surface area contributed by atoms with Gasteiger partial charge < -0.3 is 10.7 Å². The van der Waals surface area contributed by atoms with Gasteiger partial charge >= 0.3 is 0 Å². The van der Waals surface area contributed by atoms with Crippen molar-refractivity contribution in [2.75, 3.05) is 6.54 Å². The Labute approximate surface area is 125 Å². The van der Waals surface area contributed by atoms with Gasteiger partial charge in [0, 0.05) is 16.8 Å². The number of rotatable bonds is 4. The van der Waals surface area contributed by atoms with Gasteiger partial charge in [0.2, 0.25) is 0 Å². The predicted octanol–water partition coefficient (Wildman–Crippen LogP) is 2.80. The highest BCUT2D eigenvalue weighted by Gasteiger charge is 2.17. The Hall–Kier alpha value is -1.63. The minimum Gasteiger partial charge on any atom is -0.341 e. The summed E-state index contributed by atoms with van der Waals surface area (Å²) < 4.78 is 0. The molecule has 3 aromatic rings. The molecule has 0 spiro atoms. The fourth-order valence-corrected chi connectivity index (χ4v) is 3.35. The first-order valence-corrected chi connectivity index (χ1v) is 7.30. The molecule has 0 aliphatic heterocycles. The van der Waals surface area contributed by atoms with Crippen LogP contribution in [0.2, 0.25) is 5.02 Å². The topological polar surface area (TPSA) is 80.5 Å². The zero-order chi connectivity index (χ0) is 13.9. The molecule has 7 heteroatoms. The number of aromatic nitrogens is 4. The molecule has 5 nitrogen and oxygen atoms in total. The third-order valence-corrected chi connectivity index (χ3v) is 4.52. The summed E-state index contributed by atoms with van der Waals surface area (Å²) in [6.45, 7) is 0.466. The minimum absolute atomic E-state index is 0.0325. The number of nitrogens with two attached hydrogens (primary N) is 1. The molecule has 1 aromatic carbocycles. The number of halogens is 1. The summed E-state index contributed by atoms with van der Waals surface area (Å²) in [5.41, 5.74) is 8.37. The van der Waals surface area contributed by atoms with Crippen molar-refractivity contribution in [1.29, 1.82) is 0 Å². The zero-order valence-electron chi connectivity index (χ0n) is 10.5. The maximum Gasteiger partial charge on any atom is 0.181 e. The van der Waals surface area contributed by atoms with Gasteiger partial charge in [0.05, 0.1) is 6.33 Å². The van der Waals surface area contributed by atoms with Gasteiger partial charge in [-0.15, -0.1) is 0 Å². The lowest BCUT2D eigenvalue weighted by atomic mass is 10.1. The second-order valence-corrected chi connectivity index (χ2v) is 5.74. The van der Waals surface area contributed by atoms with E-state index in [-0.39, 0.29) is 5.25 Å². The summed E-state index contributed by atoms with van der Waals surface area (Å²) >= 11 is 7.80. The largest absolute Gasteiger partial charge is 0.341 e. The summed E-state index contributed by atoms with van der Waals surface area (Å²) in [5, 5.41) is 1.57. The fourth-order valence-electron chi connectivity index (χ4n) is 1.94. The van der Waals surface area contributed by atoms with Gasteiger partial charge in [0.15, 0.2) is 5.65 Å². The minimum atomic E-state index is 0.0325. The number of fused-ring (bicyclic) bond motifs is 1. The summed E-state index contributed by atoms with van der Waals surface area (Å²) in [4.78, 5) is 15.6. The Morgan fingerprint density at radius 3 is 2.90 bits per heavy atom. The molecule has 102 valence electrons. The monoisotopic (exact) mass is 305 g/mol. The van der Waals surface area contributed by atoms with Gasteiger partial charge in [0.1, 0.15) is 16.9 Å². The van der Waals surface area contributed by atoms with Gasteiger partial charge in [-0.05, 0) is 11.6 Å². The van der Waals surface area contributed by atoms with Crippen molar-refractivity contribution < 1.29 is 0 Å². The second kappa shape index (κ2) is 5.78. The van der Waals surface area contributed by atoms with E-state index in [0.29, 0.717) is 17.2 Å². The number of nitrogens with one attached hydrogen (secondary N) is 1. The van der Waals surface area contributed by atoms with Crippen LogP contribution in [-0.2, 0) is 0 Å². The Morgan fingerprint density at radius 1 is 1.25 bits per heavy atom. The normalized spacial score (nSPS) is 12.7. The molecule has 3 rings (SSSR count). The Morgan fingerprint density at radius 2 is 2.10 bits per heavy atom. The van der Waals surface area contributed by atoms with Gasteiger partial charge in [-0.3, -0.25) is 0 Å². The van der Waals surface area contributed by atoms with Crippen molar-refractivity contribution in [2.45, 2.75) is 10.3 Å². The van der Waals surface area contributed by atoms with E-state index in [9.17, 15) is 0 Å². The second-order valence-electron chi connectivity index (χ2n) is 4.14. The lowest BCUT2D eigenvalue weighted by Gasteiger charge is -2.15. The number of thioether (sulfide) groups is 1. The molecule has 1 unspecified atom stereocenters. The van der Waals surface area contributed by atoms with E-state index >= 15 is 0 Å². The first kappa shape index (κ1) is 13.4. The molecule has 0 bridgehead atoms. The Kier molecular flexibility index (Phi) is 3.86. The van der Waals surface area contributed by atoms with Crippen molar-refractivity contribution in [1.82, 2.24) is 19.9 Å². The number of nitrogens with zero attached hydrogens (tertiary/aromatic N) is 3. The highest BCUT2D eigenvalue weighted by atomic mass is 35.5. The van der Waals surface area contributed by atoms with Gasteiger partial charge in [0.25, 0.3) is 0 Å². The molecular weight excluding hydrogens is 294 g/mol. The molecule has 1 atom stereocenters. The van der Waals surface area contributed by atoms with Crippen LogP contribution in [0.3, 0.4) is 0 Å². The van der Waals surface area contributed by atoms with Gasteiger partial charge in [-0.2, -0.15) is 0 Å². The number of hydrogen-bond acceptors (Lipinski definition) is 5. The van der Waals surface area contributed by atoms with Crippen LogP contribution in [0.4, 0.5) is 0 Å². The quantitative estimate of drug-likeness (QED) is 0.572. The van der Waals surface area contributed by atoms with Crippen molar-refractivity contribution in [3.8, 4) is 0 Å².